The van der Waals surface area contributed by atoms with E-state index in [0.29, 0.717) is 7.18 Å². The van der Waals surface area contributed by atoms with E-state index in [1.165, 1.54) is 5.56 Å². The highest BCUT2D eigenvalue weighted by molar-refractivity contribution is 5.14. The van der Waals surface area contributed by atoms with Gasteiger partial charge in [-0.15, -0.1) is 0 Å². The number of hydrogen-bond donors (Lipinski definition) is 1. The smallest absolute Gasteiger partial charge is 0.0785 e. The van der Waals surface area contributed by atoms with Crippen molar-refractivity contribution in [3.05, 3.63) is 35.9 Å². The van der Waals surface area contributed by atoms with Gasteiger partial charge in [0, 0.05) is 20.2 Å². The van der Waals surface area contributed by atoms with Crippen LogP contribution in [0.5, 0.6) is 0 Å². The fraction of sp³-hybridized carbons (Fsp3) is 0.455. The van der Waals surface area contributed by atoms with E-state index in [2.05, 4.69) is 17.4 Å². The summed E-state index contributed by atoms with van der Waals surface area (Å²) in [5, 5.41) is 3.28. The second-order valence-corrected chi connectivity index (χ2v) is 2.66. The molecule has 0 saturated carbocycles. The minimum atomic E-state index is 0.500. The van der Waals surface area contributed by atoms with E-state index < -0.39 is 0 Å². The average molecular weight is 199 g/mol. The number of hydrogen-bond acceptors (Lipinski definition) is 2. The van der Waals surface area contributed by atoms with E-state index in [-0.39, 0.29) is 0 Å². The van der Waals surface area contributed by atoms with Crippen molar-refractivity contribution in [2.75, 3.05) is 27.4 Å². The molecule has 0 atom stereocenters. The summed E-state index contributed by atoms with van der Waals surface area (Å²) in [6.45, 7) is 2.60. The van der Waals surface area contributed by atoms with Crippen LogP contribution in [0, 0.1) is 0 Å². The highest BCUT2D eigenvalue weighted by atomic mass is 19.1. The molecule has 0 radical (unpaired) electrons. The van der Waals surface area contributed by atoms with Gasteiger partial charge in [-0.2, -0.15) is 0 Å². The summed E-state index contributed by atoms with van der Waals surface area (Å²) in [6, 6.07) is 10.3. The Kier molecular flexibility index (Phi) is 9.48. The molecule has 0 bridgehead atoms. The summed E-state index contributed by atoms with van der Waals surface area (Å²) in [7, 11) is 2.21. The number of methoxy groups -OCH3 is 1. The lowest BCUT2D eigenvalue weighted by atomic mass is 10.2. The van der Waals surface area contributed by atoms with Crippen molar-refractivity contribution in [2.24, 2.45) is 0 Å². The summed E-state index contributed by atoms with van der Waals surface area (Å²) in [5.74, 6) is 0. The Morgan fingerprint density at radius 3 is 2.43 bits per heavy atom. The molecule has 0 aliphatic heterocycles. The van der Waals surface area contributed by atoms with Gasteiger partial charge in [0.05, 0.1) is 13.8 Å². The molecule has 1 N–H and O–H groups in total. The number of ether oxygens (including phenoxy) is 1. The Bertz CT molecular complexity index is 204. The second-order valence-electron chi connectivity index (χ2n) is 2.66. The van der Waals surface area contributed by atoms with Gasteiger partial charge < -0.3 is 10.1 Å². The Morgan fingerprint density at radius 2 is 1.86 bits per heavy atom. The average Bonchev–Trinajstić information content (AvgIpc) is 2.29. The molecule has 0 aromatic heterocycles. The van der Waals surface area contributed by atoms with Gasteiger partial charge in [-0.1, -0.05) is 30.3 Å². The first kappa shape index (κ1) is 13.1. The molecule has 14 heavy (non-hydrogen) atoms. The van der Waals surface area contributed by atoms with Crippen LogP contribution in [0.2, 0.25) is 0 Å². The number of alkyl halides is 1. The summed E-state index contributed by atoms with van der Waals surface area (Å²) in [6.07, 6.45) is 0. The van der Waals surface area contributed by atoms with Crippen LogP contribution >= 0.6 is 0 Å². The second kappa shape index (κ2) is 10.2. The minimum Gasteiger partial charge on any atom is -0.383 e. The Balaban J connectivity index is 0.000000791. The monoisotopic (exact) mass is 199 g/mol. The molecule has 3 heteroatoms. The summed E-state index contributed by atoms with van der Waals surface area (Å²) >= 11 is 0. The van der Waals surface area contributed by atoms with E-state index >= 15 is 0 Å². The number of nitrogens with one attached hydrogen (secondary N) is 1. The van der Waals surface area contributed by atoms with Crippen molar-refractivity contribution in [3.63, 3.8) is 0 Å². The van der Waals surface area contributed by atoms with E-state index in [9.17, 15) is 4.39 Å². The number of halogens is 1. The first-order chi connectivity index (χ1) is 6.93. The molecule has 1 aromatic carbocycles. The highest BCUT2D eigenvalue weighted by Gasteiger charge is 1.88. The van der Waals surface area contributed by atoms with E-state index in [0.717, 1.165) is 19.7 Å². The van der Waals surface area contributed by atoms with Crippen molar-refractivity contribution in [1.82, 2.24) is 5.32 Å². The van der Waals surface area contributed by atoms with Crippen molar-refractivity contribution in [2.45, 2.75) is 6.54 Å². The zero-order valence-corrected chi connectivity index (χ0v) is 8.79. The zero-order valence-electron chi connectivity index (χ0n) is 8.79. The molecule has 0 saturated heterocycles. The summed E-state index contributed by atoms with van der Waals surface area (Å²) in [4.78, 5) is 0. The van der Waals surface area contributed by atoms with Gasteiger partial charge in [-0.05, 0) is 5.56 Å². The van der Waals surface area contributed by atoms with Crippen molar-refractivity contribution >= 4 is 0 Å². The van der Waals surface area contributed by atoms with Gasteiger partial charge in [0.2, 0.25) is 0 Å². The highest BCUT2D eigenvalue weighted by Crippen LogP contribution is 1.96. The van der Waals surface area contributed by atoms with Crippen LogP contribution in [0.1, 0.15) is 5.56 Å². The van der Waals surface area contributed by atoms with Gasteiger partial charge in [-0.3, -0.25) is 4.39 Å². The van der Waals surface area contributed by atoms with Crippen molar-refractivity contribution in [1.29, 1.82) is 0 Å². The third kappa shape index (κ3) is 6.57. The lowest BCUT2D eigenvalue weighted by molar-refractivity contribution is 0.199. The number of benzene rings is 1. The molecular weight excluding hydrogens is 181 g/mol. The van der Waals surface area contributed by atoms with Crippen molar-refractivity contribution in [3.8, 4) is 0 Å². The predicted octanol–water partition coefficient (Wildman–Crippen LogP) is 2.01. The molecule has 80 valence electrons. The van der Waals surface area contributed by atoms with Crippen LogP contribution < -0.4 is 5.32 Å². The molecular formula is C11H18FNO. The fourth-order valence-corrected chi connectivity index (χ4v) is 1.00. The molecule has 0 unspecified atom stereocenters. The standard InChI is InChI=1S/C10H15NO.CH3F/c1-12-8-7-11-9-10-5-3-2-4-6-10;1-2/h2-6,11H,7-9H2,1H3;1H3. The van der Waals surface area contributed by atoms with Crippen LogP contribution in [-0.2, 0) is 11.3 Å². The Hall–Kier alpha value is -0.930. The first-order valence-electron chi connectivity index (χ1n) is 4.55. The quantitative estimate of drug-likeness (QED) is 0.732. The third-order valence-electron chi connectivity index (χ3n) is 1.65. The lowest BCUT2D eigenvalue weighted by Crippen LogP contribution is -2.18. The summed E-state index contributed by atoms with van der Waals surface area (Å²) in [5.41, 5.74) is 1.31. The molecule has 0 amide bonds. The maximum Gasteiger partial charge on any atom is 0.0785 e. The minimum absolute atomic E-state index is 0.500. The molecule has 0 spiro atoms. The van der Waals surface area contributed by atoms with Crippen LogP contribution in [0.15, 0.2) is 30.3 Å². The van der Waals surface area contributed by atoms with Crippen LogP contribution in [0.25, 0.3) is 0 Å². The number of rotatable bonds is 5. The Labute approximate surface area is 85.1 Å². The topological polar surface area (TPSA) is 21.3 Å². The predicted molar refractivity (Wildman–Crippen MR) is 57.1 cm³/mol. The van der Waals surface area contributed by atoms with Gasteiger partial charge in [0.1, 0.15) is 0 Å². The normalized spacial score (nSPS) is 9.07. The van der Waals surface area contributed by atoms with Crippen LogP contribution in [0.3, 0.4) is 0 Å². The molecule has 0 heterocycles. The van der Waals surface area contributed by atoms with Crippen molar-refractivity contribution < 1.29 is 9.13 Å². The zero-order chi connectivity index (χ0) is 10.6. The molecule has 0 aliphatic rings. The van der Waals surface area contributed by atoms with Gasteiger partial charge in [0.15, 0.2) is 0 Å². The van der Waals surface area contributed by atoms with Gasteiger partial charge >= 0.3 is 0 Å². The van der Waals surface area contributed by atoms with E-state index in [1.54, 1.807) is 7.11 Å². The maximum atomic E-state index is 9.50. The largest absolute Gasteiger partial charge is 0.383 e. The maximum absolute atomic E-state index is 9.50. The summed E-state index contributed by atoms with van der Waals surface area (Å²) < 4.78 is 14.4. The first-order valence-corrected chi connectivity index (χ1v) is 4.55. The van der Waals surface area contributed by atoms with E-state index in [4.69, 9.17) is 4.74 Å². The molecule has 2 nitrogen and oxygen atoms in total. The van der Waals surface area contributed by atoms with Gasteiger partial charge in [0.25, 0.3) is 0 Å². The Morgan fingerprint density at radius 1 is 1.21 bits per heavy atom. The lowest BCUT2D eigenvalue weighted by Gasteiger charge is -2.02. The van der Waals surface area contributed by atoms with Crippen LogP contribution in [-0.4, -0.2) is 27.4 Å². The molecule has 1 aromatic rings. The molecule has 0 aliphatic carbocycles. The molecule has 1 rings (SSSR count). The fourth-order valence-electron chi connectivity index (χ4n) is 1.00. The SMILES string of the molecule is CF.COCCNCc1ccccc1. The molecule has 0 fully saturated rings. The third-order valence-corrected chi connectivity index (χ3v) is 1.65. The van der Waals surface area contributed by atoms with Gasteiger partial charge in [-0.25, -0.2) is 0 Å². The van der Waals surface area contributed by atoms with E-state index in [1.807, 2.05) is 18.2 Å². The van der Waals surface area contributed by atoms with Crippen LogP contribution in [0.4, 0.5) is 4.39 Å².